The molecule has 26 heavy (non-hydrogen) atoms. The lowest BCUT2D eigenvalue weighted by atomic mass is 10.0. The third-order valence-corrected chi connectivity index (χ3v) is 6.21. The molecule has 0 saturated carbocycles. The molecule has 2 aromatic carbocycles. The average Bonchev–Trinajstić information content (AvgIpc) is 3.17. The van der Waals surface area contributed by atoms with Gasteiger partial charge in [0, 0.05) is 30.0 Å². The van der Waals surface area contributed by atoms with Crippen LogP contribution in [0, 0.1) is 11.6 Å². The van der Waals surface area contributed by atoms with Crippen LogP contribution in [0.4, 0.5) is 14.5 Å². The van der Waals surface area contributed by atoms with Crippen molar-refractivity contribution in [2.45, 2.75) is 11.8 Å². The Morgan fingerprint density at radius 1 is 1.19 bits per heavy atom. The zero-order valence-corrected chi connectivity index (χ0v) is 14.9. The maximum Gasteiger partial charge on any atom is 0.268 e. The minimum Gasteiger partial charge on any atom is -0.311 e. The Morgan fingerprint density at radius 3 is 2.69 bits per heavy atom. The predicted octanol–water partition coefficient (Wildman–Crippen LogP) is 3.37. The van der Waals surface area contributed by atoms with Crippen LogP contribution >= 0.6 is 11.8 Å². The Labute approximate surface area is 153 Å². The summed E-state index contributed by atoms with van der Waals surface area (Å²) in [6, 6.07) is 9.61. The molecular formula is C19H16F2N2O2S. The first kappa shape index (κ1) is 17.0. The molecule has 2 heterocycles. The molecule has 4 nitrogen and oxygen atoms in total. The van der Waals surface area contributed by atoms with E-state index in [-0.39, 0.29) is 11.5 Å². The quantitative estimate of drug-likeness (QED) is 0.809. The van der Waals surface area contributed by atoms with Crippen LogP contribution in [-0.2, 0) is 9.67 Å². The number of hydrogen-bond acceptors (Lipinski definition) is 3. The topological polar surface area (TPSA) is 40.6 Å². The van der Waals surface area contributed by atoms with Crippen molar-refractivity contribution in [3.63, 3.8) is 0 Å². The summed E-state index contributed by atoms with van der Waals surface area (Å²) in [6.45, 7) is 2.59. The second kappa shape index (κ2) is 6.09. The molecule has 7 heteroatoms. The Hall–Kier alpha value is -2.41. The first-order valence-electron chi connectivity index (χ1n) is 8.32. The summed E-state index contributed by atoms with van der Waals surface area (Å²) >= 11 is 1.32. The molecule has 0 bridgehead atoms. The standard InChI is InChI=1S/C19H16F2N2O2S/c1-2-22-16-7-6-14(21)11-15(16)19(18(22)25)23(8-9-26-19)17(24)12-4-3-5-13(20)10-12/h3-7,10-11H,2,8-9H2,1H3. The predicted molar refractivity (Wildman–Crippen MR) is 96.0 cm³/mol. The van der Waals surface area contributed by atoms with Crippen molar-refractivity contribution >= 4 is 29.3 Å². The highest BCUT2D eigenvalue weighted by atomic mass is 32.2. The van der Waals surface area contributed by atoms with Crippen LogP contribution in [-0.4, -0.2) is 35.6 Å². The first-order valence-corrected chi connectivity index (χ1v) is 9.31. The van der Waals surface area contributed by atoms with E-state index in [0.717, 1.165) is 6.07 Å². The van der Waals surface area contributed by atoms with Gasteiger partial charge in [-0.15, -0.1) is 11.8 Å². The van der Waals surface area contributed by atoms with E-state index in [4.69, 9.17) is 0 Å². The van der Waals surface area contributed by atoms with E-state index in [1.54, 1.807) is 11.0 Å². The van der Waals surface area contributed by atoms with Crippen molar-refractivity contribution in [2.24, 2.45) is 0 Å². The molecule has 2 aliphatic heterocycles. The fourth-order valence-electron chi connectivity index (χ4n) is 3.68. The number of halogens is 2. The van der Waals surface area contributed by atoms with Crippen LogP contribution in [0.5, 0.6) is 0 Å². The van der Waals surface area contributed by atoms with Crippen molar-refractivity contribution in [1.29, 1.82) is 0 Å². The van der Waals surface area contributed by atoms with Crippen LogP contribution in [0.15, 0.2) is 42.5 Å². The molecule has 1 spiro atoms. The normalized spacial score (nSPS) is 21.6. The van der Waals surface area contributed by atoms with Gasteiger partial charge in [0.15, 0.2) is 4.87 Å². The number of nitrogens with zero attached hydrogens (tertiary/aromatic N) is 2. The van der Waals surface area contributed by atoms with Gasteiger partial charge in [-0.1, -0.05) is 6.07 Å². The fourth-order valence-corrected chi connectivity index (χ4v) is 5.13. The van der Waals surface area contributed by atoms with Crippen LogP contribution in [0.3, 0.4) is 0 Å². The lowest BCUT2D eigenvalue weighted by Crippen LogP contribution is -2.50. The monoisotopic (exact) mass is 374 g/mol. The number of benzene rings is 2. The van der Waals surface area contributed by atoms with Gasteiger partial charge in [-0.25, -0.2) is 8.78 Å². The van der Waals surface area contributed by atoms with Gasteiger partial charge in [-0.2, -0.15) is 0 Å². The highest BCUT2D eigenvalue weighted by molar-refractivity contribution is 8.01. The minimum atomic E-state index is -1.29. The van der Waals surface area contributed by atoms with E-state index >= 15 is 0 Å². The Kier molecular flexibility index (Phi) is 3.99. The molecule has 0 N–H and O–H groups in total. The van der Waals surface area contributed by atoms with Crippen molar-refractivity contribution in [3.8, 4) is 0 Å². The molecule has 4 rings (SSSR count). The maximum absolute atomic E-state index is 14.0. The molecule has 1 atom stereocenters. The molecule has 134 valence electrons. The van der Waals surface area contributed by atoms with E-state index in [0.29, 0.717) is 30.1 Å². The van der Waals surface area contributed by atoms with Gasteiger partial charge in [0.2, 0.25) is 0 Å². The molecule has 1 saturated heterocycles. The first-order chi connectivity index (χ1) is 12.5. The molecule has 0 aliphatic carbocycles. The van der Waals surface area contributed by atoms with Crippen molar-refractivity contribution < 1.29 is 18.4 Å². The fraction of sp³-hybridized carbons (Fsp3) is 0.263. The second-order valence-electron chi connectivity index (χ2n) is 6.17. The smallest absolute Gasteiger partial charge is 0.268 e. The van der Waals surface area contributed by atoms with Crippen LogP contribution in [0.2, 0.25) is 0 Å². The van der Waals surface area contributed by atoms with Gasteiger partial charge in [0.05, 0.1) is 5.69 Å². The number of likely N-dealkylation sites (N-methyl/N-ethyl adjacent to an activating group) is 1. The van der Waals surface area contributed by atoms with E-state index in [1.807, 2.05) is 6.92 Å². The lowest BCUT2D eigenvalue weighted by Gasteiger charge is -2.33. The van der Waals surface area contributed by atoms with E-state index in [9.17, 15) is 18.4 Å². The number of thioether (sulfide) groups is 1. The van der Waals surface area contributed by atoms with Gasteiger partial charge >= 0.3 is 0 Å². The Morgan fingerprint density at radius 2 is 1.96 bits per heavy atom. The van der Waals surface area contributed by atoms with Crippen LogP contribution in [0.1, 0.15) is 22.8 Å². The SMILES string of the molecule is CCN1C(=O)C2(SCCN2C(=O)c2cccc(F)c2)c2cc(F)ccc21. The Bertz CT molecular complexity index is 920. The van der Waals surface area contributed by atoms with Crippen molar-refractivity contribution in [1.82, 2.24) is 4.90 Å². The van der Waals surface area contributed by atoms with Gasteiger partial charge in [0.25, 0.3) is 11.8 Å². The van der Waals surface area contributed by atoms with Crippen LogP contribution < -0.4 is 4.90 Å². The van der Waals surface area contributed by atoms with Gasteiger partial charge in [0.1, 0.15) is 11.6 Å². The summed E-state index contributed by atoms with van der Waals surface area (Å²) in [5, 5.41) is 0. The average molecular weight is 374 g/mol. The van der Waals surface area contributed by atoms with Gasteiger partial charge in [-0.05, 0) is 43.3 Å². The number of amides is 2. The summed E-state index contributed by atoms with van der Waals surface area (Å²) in [4.78, 5) is 28.1. The summed E-state index contributed by atoms with van der Waals surface area (Å²) in [5.41, 5.74) is 1.27. The third-order valence-electron chi connectivity index (χ3n) is 4.79. The number of fused-ring (bicyclic) bond motifs is 2. The highest BCUT2D eigenvalue weighted by Gasteiger charge is 2.59. The molecule has 1 unspecified atom stereocenters. The molecule has 0 radical (unpaired) electrons. The highest BCUT2D eigenvalue weighted by Crippen LogP contribution is 2.54. The van der Waals surface area contributed by atoms with Gasteiger partial charge < -0.3 is 9.80 Å². The summed E-state index contributed by atoms with van der Waals surface area (Å²) in [7, 11) is 0. The summed E-state index contributed by atoms with van der Waals surface area (Å²) < 4.78 is 27.5. The number of anilines is 1. The van der Waals surface area contributed by atoms with Crippen molar-refractivity contribution in [3.05, 3.63) is 65.2 Å². The van der Waals surface area contributed by atoms with E-state index in [2.05, 4.69) is 0 Å². The number of carbonyl (C=O) groups excluding carboxylic acids is 2. The number of carbonyl (C=O) groups is 2. The molecule has 2 aromatic rings. The molecule has 0 aromatic heterocycles. The zero-order valence-electron chi connectivity index (χ0n) is 14.0. The second-order valence-corrected chi connectivity index (χ2v) is 7.46. The third kappa shape index (κ3) is 2.26. The zero-order chi connectivity index (χ0) is 18.5. The molecule has 2 aliphatic rings. The molecule has 1 fully saturated rings. The Balaban J connectivity index is 1.86. The maximum atomic E-state index is 14.0. The van der Waals surface area contributed by atoms with Crippen molar-refractivity contribution in [2.75, 3.05) is 23.7 Å². The van der Waals surface area contributed by atoms with E-state index < -0.39 is 22.4 Å². The summed E-state index contributed by atoms with van der Waals surface area (Å²) in [6.07, 6.45) is 0. The molecule has 2 amide bonds. The minimum absolute atomic E-state index is 0.174. The van der Waals surface area contributed by atoms with Gasteiger partial charge in [-0.3, -0.25) is 9.59 Å². The number of hydrogen-bond donors (Lipinski definition) is 0. The van der Waals surface area contributed by atoms with E-state index in [1.165, 1.54) is 47.0 Å². The largest absolute Gasteiger partial charge is 0.311 e. The number of rotatable bonds is 2. The molecular weight excluding hydrogens is 358 g/mol. The lowest BCUT2D eigenvalue weighted by molar-refractivity contribution is -0.123. The van der Waals surface area contributed by atoms with Crippen LogP contribution in [0.25, 0.3) is 0 Å². The summed E-state index contributed by atoms with van der Waals surface area (Å²) in [5.74, 6) is -1.13.